The molecule has 1 saturated heterocycles. The summed E-state index contributed by atoms with van der Waals surface area (Å²) in [4.78, 5) is 25.5. The van der Waals surface area contributed by atoms with Crippen LogP contribution in [0.1, 0.15) is 33.6 Å². The first-order valence-corrected chi connectivity index (χ1v) is 7.59. The summed E-state index contributed by atoms with van der Waals surface area (Å²) < 4.78 is 0. The lowest BCUT2D eigenvalue weighted by atomic mass is 9.97. The fourth-order valence-electron chi connectivity index (χ4n) is 2.77. The number of hydrogen-bond acceptors (Lipinski definition) is 4. The number of nitrogens with zero attached hydrogens (tertiary/aromatic N) is 1. The Labute approximate surface area is 122 Å². The van der Waals surface area contributed by atoms with Gasteiger partial charge in [-0.15, -0.1) is 0 Å². The van der Waals surface area contributed by atoms with Crippen LogP contribution in [0.4, 0.5) is 0 Å². The molecule has 0 spiro atoms. The second-order valence-corrected chi connectivity index (χ2v) is 6.29. The minimum absolute atomic E-state index is 0.0226. The molecule has 20 heavy (non-hydrogen) atoms. The number of ketones is 1. The third-order valence-corrected chi connectivity index (χ3v) is 3.86. The number of carbonyl (C=O) groups is 2. The summed E-state index contributed by atoms with van der Waals surface area (Å²) in [6.45, 7) is 8.89. The third kappa shape index (κ3) is 6.01. The van der Waals surface area contributed by atoms with Crippen molar-refractivity contribution in [3.05, 3.63) is 0 Å². The first-order chi connectivity index (χ1) is 9.40. The van der Waals surface area contributed by atoms with Crippen LogP contribution in [0.2, 0.25) is 0 Å². The summed E-state index contributed by atoms with van der Waals surface area (Å²) in [5, 5.41) is 6.19. The van der Waals surface area contributed by atoms with Crippen molar-refractivity contribution in [2.75, 3.05) is 33.2 Å². The van der Waals surface area contributed by atoms with Gasteiger partial charge in [-0.1, -0.05) is 13.8 Å². The zero-order valence-electron chi connectivity index (χ0n) is 13.2. The highest BCUT2D eigenvalue weighted by atomic mass is 16.2. The molecule has 1 aliphatic heterocycles. The average Bonchev–Trinajstić information content (AvgIpc) is 2.36. The fourth-order valence-corrected chi connectivity index (χ4v) is 2.77. The maximum absolute atomic E-state index is 12.0. The van der Waals surface area contributed by atoms with E-state index in [4.69, 9.17) is 0 Å². The molecule has 5 nitrogen and oxygen atoms in total. The molecule has 0 saturated carbocycles. The van der Waals surface area contributed by atoms with Crippen molar-refractivity contribution in [3.63, 3.8) is 0 Å². The zero-order chi connectivity index (χ0) is 15.1. The van der Waals surface area contributed by atoms with Crippen LogP contribution in [0.15, 0.2) is 0 Å². The van der Waals surface area contributed by atoms with Crippen LogP contribution in [0.25, 0.3) is 0 Å². The van der Waals surface area contributed by atoms with E-state index < -0.39 is 0 Å². The van der Waals surface area contributed by atoms with Crippen molar-refractivity contribution < 1.29 is 9.59 Å². The van der Waals surface area contributed by atoms with Gasteiger partial charge < -0.3 is 10.6 Å². The van der Waals surface area contributed by atoms with E-state index in [1.54, 1.807) is 0 Å². The Balaban J connectivity index is 2.34. The van der Waals surface area contributed by atoms with E-state index in [1.807, 2.05) is 20.9 Å². The van der Waals surface area contributed by atoms with Gasteiger partial charge in [0.25, 0.3) is 0 Å². The van der Waals surface area contributed by atoms with Gasteiger partial charge in [-0.25, -0.2) is 0 Å². The summed E-state index contributed by atoms with van der Waals surface area (Å²) in [5.74, 6) is 0.763. The number of likely N-dealkylation sites (N-methyl/N-ethyl adjacent to an activating group) is 1. The predicted octanol–water partition coefficient (Wildman–Crippen LogP) is 0.648. The van der Waals surface area contributed by atoms with Crippen molar-refractivity contribution >= 4 is 11.7 Å². The van der Waals surface area contributed by atoms with Crippen LogP contribution in [0, 0.1) is 11.8 Å². The van der Waals surface area contributed by atoms with E-state index in [-0.39, 0.29) is 23.7 Å². The number of piperidine rings is 1. The fraction of sp³-hybridized carbons (Fsp3) is 0.867. The Bertz CT molecular complexity index is 325. The minimum atomic E-state index is -0.366. The van der Waals surface area contributed by atoms with Gasteiger partial charge in [-0.05, 0) is 51.7 Å². The van der Waals surface area contributed by atoms with Gasteiger partial charge in [-0.3, -0.25) is 14.5 Å². The molecular weight excluding hydrogens is 254 g/mol. The SMILES string of the molecule is CC(=O)C(NC(=O)CN(C)CC1CCNCC1)C(C)C. The van der Waals surface area contributed by atoms with Crippen molar-refractivity contribution in [2.24, 2.45) is 11.8 Å². The smallest absolute Gasteiger partial charge is 0.234 e. The molecule has 0 aliphatic carbocycles. The average molecular weight is 283 g/mol. The molecule has 0 aromatic carbocycles. The molecule has 1 aliphatic rings. The predicted molar refractivity (Wildman–Crippen MR) is 80.5 cm³/mol. The second kappa shape index (κ2) is 8.37. The molecule has 1 amide bonds. The Morgan fingerprint density at radius 2 is 1.90 bits per heavy atom. The Morgan fingerprint density at radius 3 is 2.40 bits per heavy atom. The van der Waals surface area contributed by atoms with Crippen LogP contribution in [-0.2, 0) is 9.59 Å². The molecule has 1 unspecified atom stereocenters. The molecule has 1 rings (SSSR count). The maximum atomic E-state index is 12.0. The highest BCUT2D eigenvalue weighted by molar-refractivity contribution is 5.88. The van der Waals surface area contributed by atoms with Crippen molar-refractivity contribution in [1.82, 2.24) is 15.5 Å². The topological polar surface area (TPSA) is 61.4 Å². The van der Waals surface area contributed by atoms with Gasteiger partial charge in [0.05, 0.1) is 12.6 Å². The van der Waals surface area contributed by atoms with Gasteiger partial charge in [-0.2, -0.15) is 0 Å². The zero-order valence-corrected chi connectivity index (χ0v) is 13.2. The van der Waals surface area contributed by atoms with E-state index in [0.29, 0.717) is 12.5 Å². The van der Waals surface area contributed by atoms with Crippen molar-refractivity contribution in [1.29, 1.82) is 0 Å². The largest absolute Gasteiger partial charge is 0.345 e. The van der Waals surface area contributed by atoms with E-state index in [2.05, 4.69) is 15.5 Å². The van der Waals surface area contributed by atoms with Gasteiger partial charge in [0.15, 0.2) is 5.78 Å². The minimum Gasteiger partial charge on any atom is -0.345 e. The van der Waals surface area contributed by atoms with Crippen molar-refractivity contribution in [2.45, 2.75) is 39.7 Å². The number of hydrogen-bond donors (Lipinski definition) is 2. The molecule has 0 bridgehead atoms. The molecule has 0 aromatic rings. The van der Waals surface area contributed by atoms with E-state index >= 15 is 0 Å². The van der Waals surface area contributed by atoms with Crippen LogP contribution in [0.3, 0.4) is 0 Å². The van der Waals surface area contributed by atoms with E-state index in [0.717, 1.165) is 19.6 Å². The lowest BCUT2D eigenvalue weighted by Gasteiger charge is -2.28. The molecule has 1 atom stereocenters. The Hall–Kier alpha value is -0.940. The number of rotatable bonds is 7. The highest BCUT2D eigenvalue weighted by Crippen LogP contribution is 2.12. The molecule has 0 radical (unpaired) electrons. The third-order valence-electron chi connectivity index (χ3n) is 3.86. The van der Waals surface area contributed by atoms with Crippen molar-refractivity contribution in [3.8, 4) is 0 Å². The lowest BCUT2D eigenvalue weighted by molar-refractivity contribution is -0.128. The summed E-state index contributed by atoms with van der Waals surface area (Å²) >= 11 is 0. The van der Waals surface area contributed by atoms with E-state index in [1.165, 1.54) is 19.8 Å². The molecule has 0 aromatic heterocycles. The van der Waals surface area contributed by atoms with Gasteiger partial charge in [0.1, 0.15) is 0 Å². The maximum Gasteiger partial charge on any atom is 0.234 e. The Kier molecular flexibility index (Phi) is 7.16. The number of nitrogens with one attached hydrogen (secondary N) is 2. The highest BCUT2D eigenvalue weighted by Gasteiger charge is 2.22. The number of amides is 1. The van der Waals surface area contributed by atoms with Crippen LogP contribution < -0.4 is 10.6 Å². The quantitative estimate of drug-likeness (QED) is 0.720. The van der Waals surface area contributed by atoms with Gasteiger partial charge >= 0.3 is 0 Å². The lowest BCUT2D eigenvalue weighted by Crippen LogP contribution is -2.47. The first-order valence-electron chi connectivity index (χ1n) is 7.59. The summed E-state index contributed by atoms with van der Waals surface area (Å²) in [6.07, 6.45) is 2.35. The standard InChI is InChI=1S/C15H29N3O2/c1-11(2)15(12(3)19)17-14(20)10-18(4)9-13-5-7-16-8-6-13/h11,13,15-16H,5-10H2,1-4H3,(H,17,20). The summed E-state index contributed by atoms with van der Waals surface area (Å²) in [5.41, 5.74) is 0. The summed E-state index contributed by atoms with van der Waals surface area (Å²) in [7, 11) is 1.97. The van der Waals surface area contributed by atoms with Crippen LogP contribution in [-0.4, -0.2) is 55.9 Å². The first kappa shape index (κ1) is 17.1. The summed E-state index contributed by atoms with van der Waals surface area (Å²) in [6, 6.07) is -0.366. The number of Topliss-reactive ketones (excluding diaryl/α,β-unsaturated/α-hetero) is 1. The molecule has 5 heteroatoms. The molecular formula is C15H29N3O2. The van der Waals surface area contributed by atoms with Gasteiger partial charge in [0, 0.05) is 6.54 Å². The van der Waals surface area contributed by atoms with Gasteiger partial charge in [0.2, 0.25) is 5.91 Å². The second-order valence-electron chi connectivity index (χ2n) is 6.29. The van der Waals surface area contributed by atoms with Crippen LogP contribution in [0.5, 0.6) is 0 Å². The molecule has 1 fully saturated rings. The molecule has 116 valence electrons. The molecule has 2 N–H and O–H groups in total. The van der Waals surface area contributed by atoms with E-state index in [9.17, 15) is 9.59 Å². The van der Waals surface area contributed by atoms with Crippen LogP contribution >= 0.6 is 0 Å². The Morgan fingerprint density at radius 1 is 1.30 bits per heavy atom. The monoisotopic (exact) mass is 283 g/mol. The number of carbonyl (C=O) groups excluding carboxylic acids is 2. The molecule has 1 heterocycles. The normalized spacial score (nSPS) is 18.3.